The minimum Gasteiger partial charge on any atom is -0.393 e. The molecule has 0 amide bonds. The van der Waals surface area contributed by atoms with Crippen LogP contribution in [0.25, 0.3) is 0 Å². The summed E-state index contributed by atoms with van der Waals surface area (Å²) in [7, 11) is 0. The van der Waals surface area contributed by atoms with Crippen LogP contribution in [0.3, 0.4) is 0 Å². The van der Waals surface area contributed by atoms with Gasteiger partial charge in [-0.3, -0.25) is 4.90 Å². The first-order valence-corrected chi connectivity index (χ1v) is 7.92. The molecule has 3 fully saturated rings. The maximum Gasteiger partial charge on any atom is 0.0555 e. The normalized spacial score (nSPS) is 45.7. The molecule has 2 bridgehead atoms. The van der Waals surface area contributed by atoms with Crippen molar-refractivity contribution >= 4 is 0 Å². The van der Waals surface area contributed by atoms with Crippen molar-refractivity contribution in [3.63, 3.8) is 0 Å². The highest BCUT2D eigenvalue weighted by Gasteiger charge is 2.48. The summed E-state index contributed by atoms with van der Waals surface area (Å²) < 4.78 is 0. The van der Waals surface area contributed by atoms with Gasteiger partial charge in [0.15, 0.2) is 0 Å². The van der Waals surface area contributed by atoms with Crippen molar-refractivity contribution in [3.8, 4) is 0 Å². The predicted octanol–water partition coefficient (Wildman–Crippen LogP) is 3.19. The molecule has 0 spiro atoms. The summed E-state index contributed by atoms with van der Waals surface area (Å²) in [5.74, 6) is 0.766. The summed E-state index contributed by atoms with van der Waals surface area (Å²) in [4.78, 5) is 2.83. The minimum atomic E-state index is -0.0476. The van der Waals surface area contributed by atoms with Crippen molar-refractivity contribution in [2.24, 2.45) is 11.3 Å². The molecule has 3 unspecified atom stereocenters. The first-order chi connectivity index (χ1) is 8.47. The fourth-order valence-electron chi connectivity index (χ4n) is 4.96. The molecule has 3 rings (SSSR count). The number of aliphatic hydroxyl groups is 1. The van der Waals surface area contributed by atoms with Crippen LogP contribution in [-0.2, 0) is 0 Å². The maximum atomic E-state index is 10.1. The van der Waals surface area contributed by atoms with E-state index in [1.165, 1.54) is 32.1 Å². The van der Waals surface area contributed by atoms with Gasteiger partial charge < -0.3 is 5.11 Å². The number of aliphatic hydroxyl groups excluding tert-OH is 1. The van der Waals surface area contributed by atoms with Gasteiger partial charge in [0.25, 0.3) is 0 Å². The predicted molar refractivity (Wildman–Crippen MR) is 74.5 cm³/mol. The Bertz CT molecular complexity index is 287. The van der Waals surface area contributed by atoms with E-state index in [4.69, 9.17) is 0 Å². The molecule has 0 radical (unpaired) electrons. The molecule has 2 nitrogen and oxygen atoms in total. The number of fused-ring (bicyclic) bond motifs is 2. The summed E-state index contributed by atoms with van der Waals surface area (Å²) in [5, 5.41) is 10.1. The van der Waals surface area contributed by atoms with Crippen LogP contribution in [0.2, 0.25) is 0 Å². The molecule has 1 saturated carbocycles. The number of nitrogens with zero attached hydrogens (tertiary/aromatic N) is 1. The SMILES string of the molecule is CC(C)(C)C1CCC(O)CC1N1C2CCC1CC2. The van der Waals surface area contributed by atoms with Crippen molar-refractivity contribution < 1.29 is 5.11 Å². The Labute approximate surface area is 112 Å². The molecular formula is C16H29NO. The van der Waals surface area contributed by atoms with Gasteiger partial charge in [0.2, 0.25) is 0 Å². The Morgan fingerprint density at radius 3 is 1.94 bits per heavy atom. The van der Waals surface area contributed by atoms with E-state index < -0.39 is 0 Å². The van der Waals surface area contributed by atoms with Crippen LogP contribution < -0.4 is 0 Å². The molecule has 2 aliphatic heterocycles. The lowest BCUT2D eigenvalue weighted by atomic mass is 9.68. The van der Waals surface area contributed by atoms with E-state index in [1.807, 2.05) is 0 Å². The van der Waals surface area contributed by atoms with Crippen LogP contribution in [-0.4, -0.2) is 34.2 Å². The fraction of sp³-hybridized carbons (Fsp3) is 1.00. The van der Waals surface area contributed by atoms with Gasteiger partial charge in [0, 0.05) is 18.1 Å². The Hall–Kier alpha value is -0.0800. The van der Waals surface area contributed by atoms with Crippen LogP contribution in [0.1, 0.15) is 65.7 Å². The lowest BCUT2D eigenvalue weighted by Crippen LogP contribution is -2.51. The third-order valence-electron chi connectivity index (χ3n) is 5.79. The Balaban J connectivity index is 1.82. The van der Waals surface area contributed by atoms with Gasteiger partial charge >= 0.3 is 0 Å². The first-order valence-electron chi connectivity index (χ1n) is 7.92. The first kappa shape index (κ1) is 12.9. The van der Waals surface area contributed by atoms with Crippen molar-refractivity contribution in [2.45, 2.75) is 89.9 Å². The van der Waals surface area contributed by atoms with Crippen LogP contribution in [0.5, 0.6) is 0 Å². The summed E-state index contributed by atoms with van der Waals surface area (Å²) in [6.07, 6.45) is 8.85. The Kier molecular flexibility index (Phi) is 3.22. The topological polar surface area (TPSA) is 23.5 Å². The fourth-order valence-corrected chi connectivity index (χ4v) is 4.96. The van der Waals surface area contributed by atoms with E-state index in [-0.39, 0.29) is 6.10 Å². The molecule has 0 aromatic carbocycles. The average molecular weight is 251 g/mol. The molecule has 2 heteroatoms. The lowest BCUT2D eigenvalue weighted by Gasteiger charge is -2.47. The second-order valence-electron chi connectivity index (χ2n) is 7.92. The number of hydrogen-bond donors (Lipinski definition) is 1. The van der Waals surface area contributed by atoms with Crippen LogP contribution in [0.4, 0.5) is 0 Å². The molecule has 18 heavy (non-hydrogen) atoms. The lowest BCUT2D eigenvalue weighted by molar-refractivity contribution is -0.0185. The second kappa shape index (κ2) is 4.49. The molecule has 0 aromatic heterocycles. The van der Waals surface area contributed by atoms with Gasteiger partial charge in [-0.2, -0.15) is 0 Å². The zero-order chi connectivity index (χ0) is 12.9. The smallest absolute Gasteiger partial charge is 0.0555 e. The van der Waals surface area contributed by atoms with Crippen LogP contribution in [0, 0.1) is 11.3 Å². The standard InChI is InChI=1S/C16H29NO/c1-16(2,3)14-9-8-13(18)10-15(14)17-11-4-5-12(17)7-6-11/h11-15,18H,4-10H2,1-3H3. The molecule has 3 aliphatic rings. The third kappa shape index (κ3) is 2.12. The number of hydrogen-bond acceptors (Lipinski definition) is 2. The molecule has 0 aromatic rings. The van der Waals surface area contributed by atoms with Gasteiger partial charge in [-0.15, -0.1) is 0 Å². The van der Waals surface area contributed by atoms with E-state index in [1.54, 1.807) is 0 Å². The van der Waals surface area contributed by atoms with Gasteiger partial charge in [-0.1, -0.05) is 20.8 Å². The molecule has 3 atom stereocenters. The van der Waals surface area contributed by atoms with Gasteiger partial charge in [0.1, 0.15) is 0 Å². The van der Waals surface area contributed by atoms with Gasteiger partial charge in [-0.05, 0) is 56.3 Å². The van der Waals surface area contributed by atoms with Crippen molar-refractivity contribution in [3.05, 3.63) is 0 Å². The zero-order valence-electron chi connectivity index (χ0n) is 12.2. The average Bonchev–Trinajstić information content (AvgIpc) is 2.86. The van der Waals surface area contributed by atoms with E-state index >= 15 is 0 Å². The minimum absolute atomic E-state index is 0.0476. The van der Waals surface area contributed by atoms with E-state index in [2.05, 4.69) is 25.7 Å². The van der Waals surface area contributed by atoms with Crippen molar-refractivity contribution in [2.75, 3.05) is 0 Å². The van der Waals surface area contributed by atoms with Crippen LogP contribution in [0.15, 0.2) is 0 Å². The summed E-state index contributed by atoms with van der Waals surface area (Å²) in [5.41, 5.74) is 0.382. The Morgan fingerprint density at radius 2 is 1.44 bits per heavy atom. The van der Waals surface area contributed by atoms with Gasteiger partial charge in [-0.25, -0.2) is 0 Å². The molecule has 2 saturated heterocycles. The highest BCUT2D eigenvalue weighted by Crippen LogP contribution is 2.47. The molecule has 1 aliphatic carbocycles. The quantitative estimate of drug-likeness (QED) is 0.773. The molecule has 1 N–H and O–H groups in total. The monoisotopic (exact) mass is 251 g/mol. The molecule has 104 valence electrons. The van der Waals surface area contributed by atoms with Crippen LogP contribution >= 0.6 is 0 Å². The van der Waals surface area contributed by atoms with Crippen molar-refractivity contribution in [1.82, 2.24) is 4.90 Å². The molecular weight excluding hydrogens is 222 g/mol. The molecule has 2 heterocycles. The van der Waals surface area contributed by atoms with E-state index in [0.29, 0.717) is 11.5 Å². The maximum absolute atomic E-state index is 10.1. The second-order valence-corrected chi connectivity index (χ2v) is 7.92. The highest BCUT2D eigenvalue weighted by molar-refractivity contribution is 5.03. The van der Waals surface area contributed by atoms with Gasteiger partial charge in [0.05, 0.1) is 6.10 Å². The van der Waals surface area contributed by atoms with E-state index in [9.17, 15) is 5.11 Å². The summed E-state index contributed by atoms with van der Waals surface area (Å²) >= 11 is 0. The number of rotatable bonds is 1. The largest absolute Gasteiger partial charge is 0.393 e. The Morgan fingerprint density at radius 1 is 0.889 bits per heavy atom. The van der Waals surface area contributed by atoms with Crippen molar-refractivity contribution in [1.29, 1.82) is 0 Å². The third-order valence-corrected chi connectivity index (χ3v) is 5.79. The summed E-state index contributed by atoms with van der Waals surface area (Å²) in [6, 6.07) is 2.33. The highest BCUT2D eigenvalue weighted by atomic mass is 16.3. The summed E-state index contributed by atoms with van der Waals surface area (Å²) in [6.45, 7) is 7.17. The zero-order valence-corrected chi connectivity index (χ0v) is 12.2. The van der Waals surface area contributed by atoms with E-state index in [0.717, 1.165) is 30.8 Å².